The van der Waals surface area contributed by atoms with Crippen LogP contribution in [0.25, 0.3) is 6.08 Å². The number of benzene rings is 1. The lowest BCUT2D eigenvalue weighted by Crippen LogP contribution is -2.23. The molecule has 1 aliphatic heterocycles. The number of carbonyl (C=O) groups is 1. The van der Waals surface area contributed by atoms with Gasteiger partial charge in [0.1, 0.15) is 5.75 Å². The van der Waals surface area contributed by atoms with Crippen molar-refractivity contribution in [2.75, 3.05) is 6.61 Å². The van der Waals surface area contributed by atoms with Crippen LogP contribution in [0.2, 0.25) is 0 Å². The van der Waals surface area contributed by atoms with Crippen LogP contribution in [0.5, 0.6) is 5.75 Å². The normalized spacial score (nSPS) is 16.5. The highest BCUT2D eigenvalue weighted by atomic mass is 16.7. The van der Waals surface area contributed by atoms with E-state index in [-0.39, 0.29) is 6.61 Å². The van der Waals surface area contributed by atoms with E-state index < -0.39 is 12.3 Å². The first kappa shape index (κ1) is 13.0. The van der Waals surface area contributed by atoms with Gasteiger partial charge in [0, 0.05) is 5.56 Å². The summed E-state index contributed by atoms with van der Waals surface area (Å²) in [5.74, 6) is 0.0956. The zero-order valence-electron chi connectivity index (χ0n) is 10.3. The maximum atomic E-state index is 11.6. The second kappa shape index (κ2) is 6.44. The van der Waals surface area contributed by atoms with Crippen molar-refractivity contribution >= 4 is 12.0 Å². The van der Waals surface area contributed by atoms with Gasteiger partial charge in [-0.15, -0.1) is 0 Å². The second-order valence-electron chi connectivity index (χ2n) is 3.74. The molecule has 4 nitrogen and oxygen atoms in total. The second-order valence-corrected chi connectivity index (χ2v) is 3.74. The third-order valence-electron chi connectivity index (χ3n) is 2.40. The molecule has 1 aromatic rings. The van der Waals surface area contributed by atoms with Crippen molar-refractivity contribution in [3.05, 3.63) is 60.9 Å². The number of carbonyl (C=O) groups excluding carboxylic acids is 1. The summed E-state index contributed by atoms with van der Waals surface area (Å²) in [7, 11) is 0. The first-order valence-electron chi connectivity index (χ1n) is 5.82. The Morgan fingerprint density at radius 3 is 2.95 bits per heavy atom. The molecule has 2 rings (SSSR count). The molecule has 1 atom stereocenters. The highest BCUT2D eigenvalue weighted by Crippen LogP contribution is 2.18. The standard InChI is InChI=1S/C15H14O4/c1-2-12-7-3-4-8-13(12)18-11-14(16)19-15-9-5-6-10-17-15/h2-10,15H,1,11H2. The number of allylic oxidation sites excluding steroid dienone is 2. The number of esters is 1. The Morgan fingerprint density at radius 2 is 2.21 bits per heavy atom. The topological polar surface area (TPSA) is 44.8 Å². The fourth-order valence-electron chi connectivity index (χ4n) is 1.52. The molecule has 0 spiro atoms. The lowest BCUT2D eigenvalue weighted by Gasteiger charge is -2.16. The van der Waals surface area contributed by atoms with Crippen LogP contribution in [0.1, 0.15) is 5.56 Å². The van der Waals surface area contributed by atoms with E-state index in [0.717, 1.165) is 5.56 Å². The Kier molecular flexibility index (Phi) is 4.39. The number of ether oxygens (including phenoxy) is 3. The van der Waals surface area contributed by atoms with Gasteiger partial charge in [0.05, 0.1) is 6.26 Å². The number of hydrogen-bond acceptors (Lipinski definition) is 4. The Morgan fingerprint density at radius 1 is 1.37 bits per heavy atom. The predicted molar refractivity (Wildman–Crippen MR) is 71.3 cm³/mol. The van der Waals surface area contributed by atoms with Gasteiger partial charge >= 0.3 is 5.97 Å². The molecule has 0 bridgehead atoms. The zero-order chi connectivity index (χ0) is 13.5. The highest BCUT2D eigenvalue weighted by Gasteiger charge is 2.13. The lowest BCUT2D eigenvalue weighted by atomic mass is 10.2. The summed E-state index contributed by atoms with van der Waals surface area (Å²) in [6.45, 7) is 3.50. The molecular weight excluding hydrogens is 244 g/mol. The minimum absolute atomic E-state index is 0.178. The summed E-state index contributed by atoms with van der Waals surface area (Å²) in [6.07, 6.45) is 7.53. The van der Waals surface area contributed by atoms with E-state index in [1.54, 1.807) is 30.4 Å². The molecule has 0 amide bonds. The fourth-order valence-corrected chi connectivity index (χ4v) is 1.52. The molecule has 0 saturated carbocycles. The molecule has 0 N–H and O–H groups in total. The summed E-state index contributed by atoms with van der Waals surface area (Å²) in [4.78, 5) is 11.6. The summed E-state index contributed by atoms with van der Waals surface area (Å²) in [5.41, 5.74) is 0.826. The third-order valence-corrected chi connectivity index (χ3v) is 2.40. The van der Waals surface area contributed by atoms with Crippen molar-refractivity contribution in [3.8, 4) is 5.75 Å². The Labute approximate surface area is 111 Å². The predicted octanol–water partition coefficient (Wildman–Crippen LogP) is 2.68. The van der Waals surface area contributed by atoms with Crippen molar-refractivity contribution in [2.45, 2.75) is 6.29 Å². The first-order chi connectivity index (χ1) is 9.29. The number of hydrogen-bond donors (Lipinski definition) is 0. The zero-order valence-corrected chi connectivity index (χ0v) is 10.3. The Hall–Kier alpha value is -2.49. The number of rotatable bonds is 5. The van der Waals surface area contributed by atoms with Gasteiger partial charge in [0.15, 0.2) is 6.61 Å². The molecule has 0 fully saturated rings. The van der Waals surface area contributed by atoms with Gasteiger partial charge in [-0.25, -0.2) is 4.79 Å². The maximum absolute atomic E-state index is 11.6. The van der Waals surface area contributed by atoms with Crippen molar-refractivity contribution in [1.82, 2.24) is 0 Å². The van der Waals surface area contributed by atoms with Crippen LogP contribution in [0.4, 0.5) is 0 Å². The molecule has 0 aliphatic carbocycles. The molecule has 0 saturated heterocycles. The van der Waals surface area contributed by atoms with Gasteiger partial charge in [-0.3, -0.25) is 0 Å². The van der Waals surface area contributed by atoms with Gasteiger partial charge < -0.3 is 14.2 Å². The van der Waals surface area contributed by atoms with E-state index in [1.807, 2.05) is 18.2 Å². The Bertz CT molecular complexity index is 517. The molecule has 0 aromatic heterocycles. The highest BCUT2D eigenvalue weighted by molar-refractivity contribution is 5.71. The minimum atomic E-state index is -0.684. The summed E-state index contributed by atoms with van der Waals surface area (Å²) >= 11 is 0. The smallest absolute Gasteiger partial charge is 0.347 e. The SMILES string of the molecule is C=Cc1ccccc1OCC(=O)OC1C=CC=CO1. The average molecular weight is 258 g/mol. The lowest BCUT2D eigenvalue weighted by molar-refractivity contribution is -0.164. The molecule has 0 radical (unpaired) electrons. The van der Waals surface area contributed by atoms with Crippen LogP contribution < -0.4 is 4.74 Å². The van der Waals surface area contributed by atoms with Gasteiger partial charge in [-0.1, -0.05) is 36.9 Å². The van der Waals surface area contributed by atoms with Crippen molar-refractivity contribution in [2.24, 2.45) is 0 Å². The van der Waals surface area contributed by atoms with Gasteiger partial charge in [0.2, 0.25) is 0 Å². The van der Waals surface area contributed by atoms with Gasteiger partial charge in [-0.05, 0) is 18.2 Å². The van der Waals surface area contributed by atoms with Crippen LogP contribution >= 0.6 is 0 Å². The molecule has 98 valence electrons. The maximum Gasteiger partial charge on any atom is 0.347 e. The molecule has 4 heteroatoms. The molecule has 1 unspecified atom stereocenters. The summed E-state index contributed by atoms with van der Waals surface area (Å²) in [5, 5.41) is 0. The monoisotopic (exact) mass is 258 g/mol. The Balaban J connectivity index is 1.84. The largest absolute Gasteiger partial charge is 0.481 e. The van der Waals surface area contributed by atoms with Gasteiger partial charge in [0.25, 0.3) is 6.29 Å². The molecule has 1 aromatic carbocycles. The van der Waals surface area contributed by atoms with Gasteiger partial charge in [-0.2, -0.15) is 0 Å². The van der Waals surface area contributed by atoms with E-state index in [1.165, 1.54) is 6.26 Å². The van der Waals surface area contributed by atoms with Crippen molar-refractivity contribution < 1.29 is 19.0 Å². The van der Waals surface area contributed by atoms with Crippen LogP contribution in [0.3, 0.4) is 0 Å². The fraction of sp³-hybridized carbons (Fsp3) is 0.133. The van der Waals surface area contributed by atoms with Crippen LogP contribution in [0.15, 0.2) is 55.3 Å². The van der Waals surface area contributed by atoms with Crippen molar-refractivity contribution in [3.63, 3.8) is 0 Å². The van der Waals surface area contributed by atoms with Crippen LogP contribution in [-0.4, -0.2) is 18.9 Å². The third kappa shape index (κ3) is 3.74. The van der Waals surface area contributed by atoms with E-state index in [0.29, 0.717) is 5.75 Å². The van der Waals surface area contributed by atoms with E-state index in [4.69, 9.17) is 14.2 Å². The summed E-state index contributed by atoms with van der Waals surface area (Å²) in [6, 6.07) is 7.32. The van der Waals surface area contributed by atoms with Crippen LogP contribution in [0, 0.1) is 0 Å². The van der Waals surface area contributed by atoms with Crippen LogP contribution in [-0.2, 0) is 14.3 Å². The first-order valence-corrected chi connectivity index (χ1v) is 5.82. The molecule has 1 aliphatic rings. The summed E-state index contributed by atoms with van der Waals surface area (Å²) < 4.78 is 15.5. The van der Waals surface area contributed by atoms with E-state index in [9.17, 15) is 4.79 Å². The van der Waals surface area contributed by atoms with Crippen molar-refractivity contribution in [1.29, 1.82) is 0 Å². The average Bonchev–Trinajstić information content (AvgIpc) is 2.46. The quantitative estimate of drug-likeness (QED) is 0.762. The van der Waals surface area contributed by atoms with E-state index >= 15 is 0 Å². The molecule has 1 heterocycles. The van der Waals surface area contributed by atoms with E-state index in [2.05, 4.69) is 6.58 Å². The molecule has 19 heavy (non-hydrogen) atoms. The molecular formula is C15H14O4. The minimum Gasteiger partial charge on any atom is -0.481 e. The number of para-hydroxylation sites is 1.